The summed E-state index contributed by atoms with van der Waals surface area (Å²) < 4.78 is 5.70. The molecule has 0 aromatic heterocycles. The Morgan fingerprint density at radius 2 is 1.64 bits per heavy atom. The minimum atomic E-state index is -1.04. The van der Waals surface area contributed by atoms with Gasteiger partial charge in [0.25, 0.3) is 11.8 Å². The number of halogens is 3. The summed E-state index contributed by atoms with van der Waals surface area (Å²) in [5, 5.41) is 11.6. The highest BCUT2D eigenvalue weighted by Gasteiger charge is 2.37. The van der Waals surface area contributed by atoms with Crippen LogP contribution in [0.2, 0.25) is 15.1 Å². The lowest BCUT2D eigenvalue weighted by atomic mass is 10.1. The Bertz CT molecular complexity index is 1410. The number of hydrogen-bond donors (Lipinski definition) is 2. The molecule has 0 aliphatic carbocycles. The number of anilines is 1. The van der Waals surface area contributed by atoms with Gasteiger partial charge in [0.05, 0.1) is 21.3 Å². The number of carboxylic acids is 1. The number of imide groups is 2. The SMILES string of the molecule is O=C1NC(=O)N(c2cccc(Cl)c2)C(=O)/C1=C/c1cc(Cl)c(OCc2ccc(C(=O)O)cc2)c(Cl)c1. The van der Waals surface area contributed by atoms with Crippen LogP contribution in [0.3, 0.4) is 0 Å². The van der Waals surface area contributed by atoms with Gasteiger partial charge < -0.3 is 9.84 Å². The van der Waals surface area contributed by atoms with E-state index in [1.165, 1.54) is 42.5 Å². The van der Waals surface area contributed by atoms with Crippen LogP contribution in [0.1, 0.15) is 21.5 Å². The highest BCUT2D eigenvalue weighted by Crippen LogP contribution is 2.36. The van der Waals surface area contributed by atoms with Crippen molar-refractivity contribution < 1.29 is 29.0 Å². The maximum Gasteiger partial charge on any atom is 0.335 e. The number of rotatable bonds is 6. The summed E-state index contributed by atoms with van der Waals surface area (Å²) in [5.41, 5.74) is 1.04. The second-order valence-electron chi connectivity index (χ2n) is 7.54. The van der Waals surface area contributed by atoms with Crippen molar-refractivity contribution in [1.29, 1.82) is 0 Å². The maximum absolute atomic E-state index is 13.0. The Morgan fingerprint density at radius 3 is 2.25 bits per heavy atom. The number of nitrogens with zero attached hydrogens (tertiary/aromatic N) is 1. The average Bonchev–Trinajstić information content (AvgIpc) is 2.81. The Labute approximate surface area is 219 Å². The average molecular weight is 546 g/mol. The second-order valence-corrected chi connectivity index (χ2v) is 8.79. The molecule has 1 heterocycles. The van der Waals surface area contributed by atoms with Crippen molar-refractivity contribution in [3.8, 4) is 5.75 Å². The third-order valence-electron chi connectivity index (χ3n) is 5.08. The van der Waals surface area contributed by atoms with E-state index in [2.05, 4.69) is 5.32 Å². The Balaban J connectivity index is 1.57. The van der Waals surface area contributed by atoms with E-state index >= 15 is 0 Å². The van der Waals surface area contributed by atoms with E-state index in [0.717, 1.165) is 4.90 Å². The van der Waals surface area contributed by atoms with Gasteiger partial charge in [0.1, 0.15) is 12.2 Å². The molecule has 36 heavy (non-hydrogen) atoms. The summed E-state index contributed by atoms with van der Waals surface area (Å²) >= 11 is 18.7. The Hall–Kier alpha value is -3.85. The molecule has 0 unspecified atom stereocenters. The maximum atomic E-state index is 13.0. The lowest BCUT2D eigenvalue weighted by Crippen LogP contribution is -2.54. The Kier molecular flexibility index (Phi) is 7.30. The number of benzene rings is 3. The van der Waals surface area contributed by atoms with E-state index in [1.807, 2.05) is 0 Å². The van der Waals surface area contributed by atoms with E-state index in [0.29, 0.717) is 16.1 Å². The van der Waals surface area contributed by atoms with Gasteiger partial charge in [-0.25, -0.2) is 14.5 Å². The van der Waals surface area contributed by atoms with Crippen LogP contribution >= 0.6 is 34.8 Å². The van der Waals surface area contributed by atoms with Crippen LogP contribution in [0, 0.1) is 0 Å². The standard InChI is InChI=1S/C25H15Cl3N2O6/c26-16-2-1-3-17(11-16)30-23(32)18(22(31)29-25(30)35)8-14-9-19(27)21(20(28)10-14)36-12-13-4-6-15(7-5-13)24(33)34/h1-11H,12H2,(H,33,34)(H,29,31,35)/b18-8+. The first kappa shape index (κ1) is 25.2. The summed E-state index contributed by atoms with van der Waals surface area (Å²) in [5.74, 6) is -2.59. The third kappa shape index (κ3) is 5.36. The molecule has 4 rings (SSSR count). The summed E-state index contributed by atoms with van der Waals surface area (Å²) in [4.78, 5) is 49.6. The van der Waals surface area contributed by atoms with Gasteiger partial charge in [-0.3, -0.25) is 14.9 Å². The van der Waals surface area contributed by atoms with Crippen molar-refractivity contribution in [2.75, 3.05) is 4.90 Å². The molecule has 1 fully saturated rings. The minimum absolute atomic E-state index is 0.0668. The van der Waals surface area contributed by atoms with Crippen LogP contribution in [0.5, 0.6) is 5.75 Å². The van der Waals surface area contributed by atoms with E-state index in [1.54, 1.807) is 24.3 Å². The molecule has 0 spiro atoms. The molecule has 3 aromatic rings. The molecule has 1 saturated heterocycles. The lowest BCUT2D eigenvalue weighted by molar-refractivity contribution is -0.122. The third-order valence-corrected chi connectivity index (χ3v) is 5.88. The van der Waals surface area contributed by atoms with Crippen molar-refractivity contribution in [2.24, 2.45) is 0 Å². The fraction of sp³-hybridized carbons (Fsp3) is 0.0400. The molecule has 0 saturated carbocycles. The molecule has 3 aromatic carbocycles. The first-order valence-corrected chi connectivity index (χ1v) is 11.4. The molecule has 0 radical (unpaired) electrons. The number of nitrogens with one attached hydrogen (secondary N) is 1. The summed E-state index contributed by atoms with van der Waals surface area (Å²) in [6, 6.07) is 14.2. The molecule has 1 aliphatic rings. The van der Waals surface area contributed by atoms with Crippen LogP contribution in [0.15, 0.2) is 66.2 Å². The number of barbiturate groups is 1. The second kappa shape index (κ2) is 10.4. The fourth-order valence-corrected chi connectivity index (χ4v) is 4.17. The smallest absolute Gasteiger partial charge is 0.335 e. The van der Waals surface area contributed by atoms with Crippen molar-refractivity contribution in [3.05, 3.63) is 98.0 Å². The molecule has 182 valence electrons. The number of carbonyl (C=O) groups is 4. The predicted octanol–water partition coefficient (Wildman–Crippen LogP) is 5.59. The normalized spacial score (nSPS) is 14.7. The molecule has 2 N–H and O–H groups in total. The number of ether oxygens (including phenoxy) is 1. The van der Waals surface area contributed by atoms with Gasteiger partial charge in [0.15, 0.2) is 5.75 Å². The summed E-state index contributed by atoms with van der Waals surface area (Å²) in [7, 11) is 0. The van der Waals surface area contributed by atoms with Crippen LogP contribution < -0.4 is 15.0 Å². The molecule has 4 amide bonds. The number of urea groups is 1. The predicted molar refractivity (Wildman–Crippen MR) is 135 cm³/mol. The van der Waals surface area contributed by atoms with Crippen molar-refractivity contribution >= 4 is 70.4 Å². The van der Waals surface area contributed by atoms with Crippen LogP contribution in [0.4, 0.5) is 10.5 Å². The lowest BCUT2D eigenvalue weighted by Gasteiger charge is -2.26. The zero-order valence-electron chi connectivity index (χ0n) is 18.1. The first-order valence-electron chi connectivity index (χ1n) is 10.2. The zero-order chi connectivity index (χ0) is 26.0. The minimum Gasteiger partial charge on any atom is -0.486 e. The highest BCUT2D eigenvalue weighted by atomic mass is 35.5. The van der Waals surface area contributed by atoms with Gasteiger partial charge in [0, 0.05) is 5.02 Å². The largest absolute Gasteiger partial charge is 0.486 e. The van der Waals surface area contributed by atoms with Crippen LogP contribution in [-0.4, -0.2) is 28.9 Å². The van der Waals surface area contributed by atoms with Gasteiger partial charge in [-0.2, -0.15) is 0 Å². The summed E-state index contributed by atoms with van der Waals surface area (Å²) in [6.07, 6.45) is 1.26. The van der Waals surface area contributed by atoms with E-state index in [-0.39, 0.29) is 39.2 Å². The fourth-order valence-electron chi connectivity index (χ4n) is 3.37. The monoisotopic (exact) mass is 544 g/mol. The van der Waals surface area contributed by atoms with Gasteiger partial charge in [-0.05, 0) is 59.7 Å². The van der Waals surface area contributed by atoms with Gasteiger partial charge in [0.2, 0.25) is 0 Å². The topological polar surface area (TPSA) is 113 Å². The van der Waals surface area contributed by atoms with Crippen molar-refractivity contribution in [2.45, 2.75) is 6.61 Å². The molecule has 0 bridgehead atoms. The Morgan fingerprint density at radius 1 is 0.972 bits per heavy atom. The zero-order valence-corrected chi connectivity index (χ0v) is 20.4. The number of aromatic carboxylic acids is 1. The van der Waals surface area contributed by atoms with E-state index < -0.39 is 23.8 Å². The molecular weight excluding hydrogens is 531 g/mol. The van der Waals surface area contributed by atoms with Crippen molar-refractivity contribution in [3.63, 3.8) is 0 Å². The number of carbonyl (C=O) groups excluding carboxylic acids is 3. The molecule has 11 heteroatoms. The van der Waals surface area contributed by atoms with E-state index in [9.17, 15) is 19.2 Å². The van der Waals surface area contributed by atoms with Gasteiger partial charge in [-0.1, -0.05) is 53.0 Å². The molecule has 8 nitrogen and oxygen atoms in total. The van der Waals surface area contributed by atoms with E-state index in [4.69, 9.17) is 44.6 Å². The number of carboxylic acid groups (broad SMARTS) is 1. The summed E-state index contributed by atoms with van der Waals surface area (Å²) in [6.45, 7) is 0.0668. The molecule has 1 aliphatic heterocycles. The van der Waals surface area contributed by atoms with Crippen molar-refractivity contribution in [1.82, 2.24) is 5.32 Å². The molecule has 0 atom stereocenters. The number of amides is 4. The quantitative estimate of drug-likeness (QED) is 0.308. The van der Waals surface area contributed by atoms with Gasteiger partial charge >= 0.3 is 12.0 Å². The number of hydrogen-bond acceptors (Lipinski definition) is 5. The first-order chi connectivity index (χ1) is 17.1. The van der Waals surface area contributed by atoms with Crippen LogP contribution in [-0.2, 0) is 16.2 Å². The van der Waals surface area contributed by atoms with Crippen LogP contribution in [0.25, 0.3) is 6.08 Å². The molecular formula is C25H15Cl3N2O6. The van der Waals surface area contributed by atoms with Gasteiger partial charge in [-0.15, -0.1) is 0 Å². The highest BCUT2D eigenvalue weighted by molar-refractivity contribution is 6.40.